The van der Waals surface area contributed by atoms with E-state index in [-0.39, 0.29) is 41.3 Å². The molecule has 0 saturated carbocycles. The van der Waals surface area contributed by atoms with Gasteiger partial charge in [-0.05, 0) is 25.3 Å². The Hall–Kier alpha value is -2.78. The molecule has 1 aromatic heterocycles. The van der Waals surface area contributed by atoms with Crippen molar-refractivity contribution in [2.24, 2.45) is 11.7 Å². The Kier molecular flexibility index (Phi) is 9.97. The van der Waals surface area contributed by atoms with Gasteiger partial charge in [-0.25, -0.2) is 22.6 Å². The van der Waals surface area contributed by atoms with Gasteiger partial charge in [-0.15, -0.1) is 0 Å². The summed E-state index contributed by atoms with van der Waals surface area (Å²) in [6.45, 7) is 2.22. The second-order valence-corrected chi connectivity index (χ2v) is 9.69. The number of hydrogen-bond donors (Lipinski definition) is 2. The first-order chi connectivity index (χ1) is 16.4. The minimum Gasteiger partial charge on any atom is -0.475 e. The third-order valence-electron chi connectivity index (χ3n) is 5.38. The van der Waals surface area contributed by atoms with Gasteiger partial charge >= 0.3 is 12.1 Å². The molecule has 2 fully saturated rings. The van der Waals surface area contributed by atoms with Gasteiger partial charge in [-0.1, -0.05) is 0 Å². The number of rotatable bonds is 7. The van der Waals surface area contributed by atoms with Crippen LogP contribution >= 0.6 is 0 Å². The predicted molar refractivity (Wildman–Crippen MR) is 114 cm³/mol. The van der Waals surface area contributed by atoms with Crippen LogP contribution in [-0.4, -0.2) is 85.1 Å². The Bertz CT molecular complexity index is 1010. The molecule has 0 aliphatic carbocycles. The molecule has 2 saturated heterocycles. The van der Waals surface area contributed by atoms with Crippen LogP contribution in [0.3, 0.4) is 0 Å². The summed E-state index contributed by atoms with van der Waals surface area (Å²) in [6.07, 6.45) is -1.37. The molecule has 35 heavy (non-hydrogen) atoms. The summed E-state index contributed by atoms with van der Waals surface area (Å²) in [5.74, 6) is -2.52. The molecule has 2 aliphatic heterocycles. The van der Waals surface area contributed by atoms with Crippen LogP contribution in [0.5, 0.6) is 5.88 Å². The van der Waals surface area contributed by atoms with E-state index in [1.165, 1.54) is 22.6 Å². The first-order valence-electron chi connectivity index (χ1n) is 10.6. The van der Waals surface area contributed by atoms with Crippen LogP contribution in [0.4, 0.5) is 17.6 Å². The van der Waals surface area contributed by atoms with Crippen molar-refractivity contribution < 1.29 is 45.4 Å². The molecule has 10 nitrogen and oxygen atoms in total. The van der Waals surface area contributed by atoms with Crippen LogP contribution in [0, 0.1) is 5.92 Å². The third kappa shape index (κ3) is 7.86. The molecule has 1 aromatic rings. The van der Waals surface area contributed by atoms with Crippen molar-refractivity contribution in [3.8, 4) is 5.88 Å². The highest BCUT2D eigenvalue weighted by molar-refractivity contribution is 7.89. The number of nitrogens with zero attached hydrogens (tertiary/aromatic N) is 3. The van der Waals surface area contributed by atoms with Crippen molar-refractivity contribution >= 4 is 21.9 Å². The number of nitrogens with two attached hydrogens (primary N) is 1. The lowest BCUT2D eigenvalue weighted by Gasteiger charge is -2.37. The van der Waals surface area contributed by atoms with E-state index in [0.29, 0.717) is 32.3 Å². The van der Waals surface area contributed by atoms with Crippen molar-refractivity contribution in [1.82, 2.24) is 14.2 Å². The van der Waals surface area contributed by atoms with Gasteiger partial charge in [0.25, 0.3) is 0 Å². The number of pyridine rings is 1. The highest BCUT2D eigenvalue weighted by Crippen LogP contribution is 2.26. The van der Waals surface area contributed by atoms with Gasteiger partial charge in [-0.3, -0.25) is 4.79 Å². The number of alkyl halides is 3. The zero-order chi connectivity index (χ0) is 26.2. The minimum atomic E-state index is -5.08. The topological polar surface area (TPSA) is 143 Å². The maximum atomic E-state index is 12.8. The average Bonchev–Trinajstić information content (AvgIpc) is 2.79. The Labute approximate surface area is 199 Å². The number of likely N-dealkylation sites (tertiary alicyclic amines) is 1. The van der Waals surface area contributed by atoms with Crippen LogP contribution in [0.2, 0.25) is 0 Å². The minimum absolute atomic E-state index is 0.0270. The van der Waals surface area contributed by atoms with Gasteiger partial charge in [-0.2, -0.15) is 17.5 Å². The maximum absolute atomic E-state index is 12.8. The first kappa shape index (κ1) is 28.5. The molecule has 2 aliphatic rings. The largest absolute Gasteiger partial charge is 0.490 e. The molecule has 0 radical (unpaired) electrons. The molecule has 3 rings (SSSR count). The molecular formula is C20H26F4N4O6S. The number of piperidine rings is 1. The number of carboxylic acids is 1. The fraction of sp³-hybridized carbons (Fsp3) is 0.550. The number of hydrogen-bond acceptors (Lipinski definition) is 7. The number of aromatic nitrogens is 1. The number of carbonyl (C=O) groups is 2. The fourth-order valence-corrected chi connectivity index (χ4v) is 4.61. The van der Waals surface area contributed by atoms with E-state index >= 15 is 0 Å². The summed E-state index contributed by atoms with van der Waals surface area (Å²) in [5, 5.41) is 7.12. The SMILES string of the molecule is NC/C(=C\F)COc1ccc(S(=O)(=O)N2CCC(C(=O)N3CCC3)CC2)cn1.O=C(O)C(F)(F)F. The Morgan fingerprint density at radius 1 is 1.20 bits per heavy atom. The van der Waals surface area contributed by atoms with Crippen molar-refractivity contribution in [2.75, 3.05) is 39.3 Å². The number of aliphatic carboxylic acids is 1. The summed E-state index contributed by atoms with van der Waals surface area (Å²) < 4.78 is 76.5. The van der Waals surface area contributed by atoms with Crippen LogP contribution < -0.4 is 10.5 Å². The lowest BCUT2D eigenvalue weighted by molar-refractivity contribution is -0.192. The monoisotopic (exact) mass is 526 g/mol. The average molecular weight is 527 g/mol. The van der Waals surface area contributed by atoms with E-state index in [2.05, 4.69) is 4.98 Å². The lowest BCUT2D eigenvalue weighted by Crippen LogP contribution is -2.48. The van der Waals surface area contributed by atoms with Gasteiger partial charge in [0.1, 0.15) is 11.5 Å². The molecule has 196 valence electrons. The summed E-state index contributed by atoms with van der Waals surface area (Å²) in [6, 6.07) is 2.84. The molecule has 0 atom stereocenters. The number of sulfonamides is 1. The Morgan fingerprint density at radius 2 is 1.80 bits per heavy atom. The number of amides is 1. The van der Waals surface area contributed by atoms with Crippen LogP contribution in [0.1, 0.15) is 19.3 Å². The van der Waals surface area contributed by atoms with Crippen molar-refractivity contribution in [3.05, 3.63) is 30.2 Å². The summed E-state index contributed by atoms with van der Waals surface area (Å²) >= 11 is 0. The van der Waals surface area contributed by atoms with E-state index in [1.807, 2.05) is 4.90 Å². The summed E-state index contributed by atoms with van der Waals surface area (Å²) in [5.41, 5.74) is 5.62. The Morgan fingerprint density at radius 3 is 2.20 bits per heavy atom. The maximum Gasteiger partial charge on any atom is 0.490 e. The lowest BCUT2D eigenvalue weighted by atomic mass is 9.95. The Balaban J connectivity index is 0.000000540. The number of carboxylic acid groups (broad SMARTS) is 1. The smallest absolute Gasteiger partial charge is 0.475 e. The number of halogens is 4. The van der Waals surface area contributed by atoms with E-state index in [4.69, 9.17) is 20.4 Å². The van der Waals surface area contributed by atoms with Gasteiger partial charge in [0.2, 0.25) is 21.8 Å². The predicted octanol–water partition coefficient (Wildman–Crippen LogP) is 1.54. The number of carbonyl (C=O) groups excluding carboxylic acids is 1. The third-order valence-corrected chi connectivity index (χ3v) is 7.26. The van der Waals surface area contributed by atoms with E-state index < -0.39 is 22.2 Å². The van der Waals surface area contributed by atoms with Crippen molar-refractivity contribution in [1.29, 1.82) is 0 Å². The van der Waals surface area contributed by atoms with Gasteiger partial charge in [0, 0.05) is 50.3 Å². The zero-order valence-electron chi connectivity index (χ0n) is 18.6. The molecule has 3 N–H and O–H groups in total. The molecule has 1 amide bonds. The second kappa shape index (κ2) is 12.3. The normalized spacial score (nSPS) is 17.7. The highest BCUT2D eigenvalue weighted by atomic mass is 32.2. The fourth-order valence-electron chi connectivity index (χ4n) is 3.19. The quantitative estimate of drug-likeness (QED) is 0.510. The van der Waals surface area contributed by atoms with Gasteiger partial charge < -0.3 is 20.5 Å². The van der Waals surface area contributed by atoms with Crippen LogP contribution in [-0.2, 0) is 19.6 Å². The summed E-state index contributed by atoms with van der Waals surface area (Å²) in [4.78, 5) is 27.1. The van der Waals surface area contributed by atoms with Crippen LogP contribution in [0.15, 0.2) is 35.1 Å². The highest BCUT2D eigenvalue weighted by Gasteiger charge is 2.38. The molecule has 0 unspecified atom stereocenters. The van der Waals surface area contributed by atoms with E-state index in [9.17, 15) is 30.8 Å². The van der Waals surface area contributed by atoms with Crippen molar-refractivity contribution in [3.63, 3.8) is 0 Å². The summed E-state index contributed by atoms with van der Waals surface area (Å²) in [7, 11) is -3.68. The van der Waals surface area contributed by atoms with Gasteiger partial charge in [0.05, 0.1) is 12.5 Å². The zero-order valence-corrected chi connectivity index (χ0v) is 19.4. The van der Waals surface area contributed by atoms with Gasteiger partial charge in [0.15, 0.2) is 0 Å². The molecular weight excluding hydrogens is 500 g/mol. The van der Waals surface area contributed by atoms with E-state index in [0.717, 1.165) is 19.5 Å². The van der Waals surface area contributed by atoms with Crippen molar-refractivity contribution in [2.45, 2.75) is 30.3 Å². The van der Waals surface area contributed by atoms with Crippen LogP contribution in [0.25, 0.3) is 0 Å². The first-order valence-corrected chi connectivity index (χ1v) is 12.0. The standard InChI is InChI=1S/C18H25FN4O4S.C2HF3O2/c19-10-14(11-20)13-27-17-3-2-16(12-21-17)28(25,26)23-8-4-15(5-9-23)18(24)22-6-1-7-22;3-2(4,5)1(6)7/h2-3,10,12,15H,1,4-9,11,13,20H2;(H,6,7)/b14-10+;. The number of ether oxygens (including phenoxy) is 1. The molecule has 0 aromatic carbocycles. The molecule has 0 spiro atoms. The molecule has 15 heteroatoms. The second-order valence-electron chi connectivity index (χ2n) is 7.75. The van der Waals surface area contributed by atoms with E-state index in [1.54, 1.807) is 0 Å². The molecule has 3 heterocycles. The molecule has 0 bridgehead atoms.